The SMILES string of the molecule is COc1cc(C2C(C(=O)OC(C)C)=C(C)Nc3ncnn32)cc(Br)c1O. The number of phenolic OH excluding ortho intramolecular Hbond substituents is 1. The maximum absolute atomic E-state index is 12.8. The van der Waals surface area contributed by atoms with Crippen molar-refractivity contribution in [3.8, 4) is 11.5 Å². The highest BCUT2D eigenvalue weighted by Crippen LogP contribution is 2.42. The summed E-state index contributed by atoms with van der Waals surface area (Å²) in [7, 11) is 1.46. The van der Waals surface area contributed by atoms with Crippen LogP contribution in [0.1, 0.15) is 32.4 Å². The Bertz CT molecular complexity index is 891. The molecule has 1 aromatic carbocycles. The van der Waals surface area contributed by atoms with E-state index < -0.39 is 12.0 Å². The van der Waals surface area contributed by atoms with Gasteiger partial charge in [0.1, 0.15) is 12.4 Å². The van der Waals surface area contributed by atoms with Crippen LogP contribution in [-0.2, 0) is 9.53 Å². The van der Waals surface area contributed by atoms with E-state index in [-0.39, 0.29) is 17.6 Å². The maximum Gasteiger partial charge on any atom is 0.338 e. The minimum Gasteiger partial charge on any atom is -0.503 e. The van der Waals surface area contributed by atoms with Crippen LogP contribution in [0.15, 0.2) is 34.2 Å². The smallest absolute Gasteiger partial charge is 0.338 e. The van der Waals surface area contributed by atoms with E-state index in [1.807, 2.05) is 0 Å². The summed E-state index contributed by atoms with van der Waals surface area (Å²) in [6.07, 6.45) is 1.15. The van der Waals surface area contributed by atoms with Crippen LogP contribution in [0.25, 0.3) is 0 Å². The van der Waals surface area contributed by atoms with Gasteiger partial charge in [0.25, 0.3) is 0 Å². The molecule has 3 rings (SSSR count). The fourth-order valence-electron chi connectivity index (χ4n) is 2.85. The molecule has 0 bridgehead atoms. The Morgan fingerprint density at radius 1 is 1.42 bits per heavy atom. The third kappa shape index (κ3) is 3.14. The van der Waals surface area contributed by atoms with Crippen molar-refractivity contribution in [2.75, 3.05) is 12.4 Å². The highest BCUT2D eigenvalue weighted by molar-refractivity contribution is 9.10. The molecule has 2 aromatic rings. The number of hydrogen-bond acceptors (Lipinski definition) is 7. The van der Waals surface area contributed by atoms with Crippen molar-refractivity contribution in [2.24, 2.45) is 0 Å². The van der Waals surface area contributed by atoms with Crippen LogP contribution in [0.5, 0.6) is 11.5 Å². The van der Waals surface area contributed by atoms with Crippen molar-refractivity contribution in [3.63, 3.8) is 0 Å². The third-order valence-corrected chi connectivity index (χ3v) is 4.55. The summed E-state index contributed by atoms with van der Waals surface area (Å²) in [5.41, 5.74) is 1.73. The molecule has 2 N–H and O–H groups in total. The molecule has 0 saturated carbocycles. The number of anilines is 1. The fraction of sp³-hybridized carbons (Fsp3) is 0.353. The van der Waals surface area contributed by atoms with Gasteiger partial charge >= 0.3 is 5.97 Å². The Balaban J connectivity index is 2.18. The third-order valence-electron chi connectivity index (χ3n) is 3.94. The van der Waals surface area contributed by atoms with Crippen molar-refractivity contribution in [1.82, 2.24) is 14.8 Å². The van der Waals surface area contributed by atoms with Crippen molar-refractivity contribution in [1.29, 1.82) is 0 Å². The van der Waals surface area contributed by atoms with Crippen LogP contribution in [0, 0.1) is 0 Å². The van der Waals surface area contributed by atoms with Crippen molar-refractivity contribution >= 4 is 27.8 Å². The Morgan fingerprint density at radius 3 is 2.81 bits per heavy atom. The molecule has 0 aliphatic carbocycles. The van der Waals surface area contributed by atoms with Gasteiger partial charge in [0, 0.05) is 5.70 Å². The van der Waals surface area contributed by atoms with Crippen molar-refractivity contribution in [3.05, 3.63) is 39.8 Å². The molecule has 1 aliphatic rings. The number of allylic oxidation sites excluding steroid dienone is 1. The lowest BCUT2D eigenvalue weighted by Crippen LogP contribution is -2.30. The fourth-order valence-corrected chi connectivity index (χ4v) is 3.31. The molecular weight excluding hydrogens is 404 g/mol. The van der Waals surface area contributed by atoms with Crippen LogP contribution in [-0.4, -0.2) is 39.1 Å². The van der Waals surface area contributed by atoms with E-state index in [1.165, 1.54) is 13.4 Å². The van der Waals surface area contributed by atoms with E-state index in [1.54, 1.807) is 37.6 Å². The zero-order chi connectivity index (χ0) is 19.0. The molecule has 1 aromatic heterocycles. The molecule has 1 atom stereocenters. The number of carbonyl (C=O) groups excluding carboxylic acids is 1. The zero-order valence-corrected chi connectivity index (χ0v) is 16.4. The molecule has 8 nitrogen and oxygen atoms in total. The number of hydrogen-bond donors (Lipinski definition) is 2. The predicted molar refractivity (Wildman–Crippen MR) is 98.1 cm³/mol. The second-order valence-electron chi connectivity index (χ2n) is 6.10. The summed E-state index contributed by atoms with van der Waals surface area (Å²) in [4.78, 5) is 16.9. The lowest BCUT2D eigenvalue weighted by atomic mass is 9.95. The number of aromatic nitrogens is 3. The molecular formula is C17H19BrN4O4. The van der Waals surface area contributed by atoms with Gasteiger partial charge in [-0.15, -0.1) is 0 Å². The molecule has 0 radical (unpaired) electrons. The van der Waals surface area contributed by atoms with E-state index in [0.29, 0.717) is 27.3 Å². The molecule has 0 spiro atoms. The van der Waals surface area contributed by atoms with Crippen LogP contribution in [0.3, 0.4) is 0 Å². The predicted octanol–water partition coefficient (Wildman–Crippen LogP) is 3.00. The van der Waals surface area contributed by atoms with E-state index in [0.717, 1.165) is 0 Å². The van der Waals surface area contributed by atoms with E-state index in [9.17, 15) is 9.90 Å². The summed E-state index contributed by atoms with van der Waals surface area (Å²) in [5.74, 6) is 0.330. The number of nitrogens with one attached hydrogen (secondary N) is 1. The largest absolute Gasteiger partial charge is 0.503 e. The molecule has 0 fully saturated rings. The van der Waals surface area contributed by atoms with Crippen molar-refractivity contribution in [2.45, 2.75) is 32.9 Å². The average Bonchev–Trinajstić information content (AvgIpc) is 3.03. The topological polar surface area (TPSA) is 98.5 Å². The van der Waals surface area contributed by atoms with Crippen LogP contribution in [0.2, 0.25) is 0 Å². The lowest BCUT2D eigenvalue weighted by Gasteiger charge is -2.29. The lowest BCUT2D eigenvalue weighted by molar-refractivity contribution is -0.143. The number of phenols is 1. The normalized spacial score (nSPS) is 16.3. The number of benzene rings is 1. The first kappa shape index (κ1) is 18.2. The Morgan fingerprint density at radius 2 is 2.15 bits per heavy atom. The van der Waals surface area contributed by atoms with Gasteiger partial charge in [-0.25, -0.2) is 9.48 Å². The summed E-state index contributed by atoms with van der Waals surface area (Å²) in [5, 5.41) is 17.4. The van der Waals surface area contributed by atoms with Gasteiger partial charge in [-0.05, 0) is 54.4 Å². The Kier molecular flexibility index (Phi) is 4.90. The second-order valence-corrected chi connectivity index (χ2v) is 6.96. The molecule has 0 amide bonds. The van der Waals surface area contributed by atoms with E-state index in [4.69, 9.17) is 9.47 Å². The standard InChI is InChI=1S/C17H19BrN4O4/c1-8(2)26-16(24)13-9(3)21-17-19-7-20-22(17)14(13)10-5-11(18)15(23)12(6-10)25-4/h5-8,14,23H,1-4H3,(H,19,20,21). The highest BCUT2D eigenvalue weighted by Gasteiger charge is 2.35. The number of nitrogens with zero attached hydrogens (tertiary/aromatic N) is 3. The molecule has 26 heavy (non-hydrogen) atoms. The number of ether oxygens (including phenoxy) is 2. The first-order valence-electron chi connectivity index (χ1n) is 7.98. The Labute approximate surface area is 159 Å². The summed E-state index contributed by atoms with van der Waals surface area (Å²) >= 11 is 3.32. The van der Waals surface area contributed by atoms with Crippen LogP contribution < -0.4 is 10.1 Å². The summed E-state index contributed by atoms with van der Waals surface area (Å²) < 4.78 is 12.7. The number of rotatable bonds is 4. The quantitative estimate of drug-likeness (QED) is 0.730. The minimum atomic E-state index is -0.578. The van der Waals surface area contributed by atoms with Crippen LogP contribution in [0.4, 0.5) is 5.95 Å². The number of halogens is 1. The molecule has 9 heteroatoms. The summed E-state index contributed by atoms with van der Waals surface area (Å²) in [6, 6.07) is 2.80. The van der Waals surface area contributed by atoms with Crippen molar-refractivity contribution < 1.29 is 19.4 Å². The molecule has 138 valence electrons. The Hall–Kier alpha value is -2.55. The van der Waals surface area contributed by atoms with Gasteiger partial charge in [-0.3, -0.25) is 0 Å². The molecule has 2 heterocycles. The van der Waals surface area contributed by atoms with Gasteiger partial charge in [0.15, 0.2) is 11.5 Å². The van der Waals surface area contributed by atoms with Gasteiger partial charge in [-0.1, -0.05) is 0 Å². The number of carbonyl (C=O) groups is 1. The van der Waals surface area contributed by atoms with Gasteiger partial charge in [0.05, 0.1) is 23.3 Å². The van der Waals surface area contributed by atoms with Crippen LogP contribution >= 0.6 is 15.9 Å². The number of aromatic hydroxyl groups is 1. The summed E-state index contributed by atoms with van der Waals surface area (Å²) in [6.45, 7) is 5.37. The van der Waals surface area contributed by atoms with E-state index in [2.05, 4.69) is 31.3 Å². The maximum atomic E-state index is 12.8. The second kappa shape index (κ2) is 6.99. The minimum absolute atomic E-state index is 0.0176. The number of esters is 1. The highest BCUT2D eigenvalue weighted by atomic mass is 79.9. The monoisotopic (exact) mass is 422 g/mol. The zero-order valence-electron chi connectivity index (χ0n) is 14.8. The van der Waals surface area contributed by atoms with Gasteiger partial charge < -0.3 is 19.9 Å². The number of methoxy groups -OCH3 is 1. The first-order valence-corrected chi connectivity index (χ1v) is 8.77. The molecule has 1 unspecified atom stereocenters. The van der Waals surface area contributed by atoms with Gasteiger partial charge in [0.2, 0.25) is 5.95 Å². The molecule has 1 aliphatic heterocycles. The van der Waals surface area contributed by atoms with Gasteiger partial charge in [-0.2, -0.15) is 10.1 Å². The van der Waals surface area contributed by atoms with E-state index >= 15 is 0 Å². The first-order chi connectivity index (χ1) is 12.3. The number of fused-ring (bicyclic) bond motifs is 1. The average molecular weight is 423 g/mol. The molecule has 0 saturated heterocycles.